The van der Waals surface area contributed by atoms with E-state index in [-0.39, 0.29) is 5.91 Å². The summed E-state index contributed by atoms with van der Waals surface area (Å²) in [5.74, 6) is -0.675. The number of rotatable bonds is 5. The number of carbonyl (C=O) groups is 2. The molecule has 2 aromatic rings. The van der Waals surface area contributed by atoms with Crippen LogP contribution in [0, 0.1) is 0 Å². The van der Waals surface area contributed by atoms with Crippen molar-refractivity contribution in [1.82, 2.24) is 4.57 Å². The highest BCUT2D eigenvalue weighted by Gasteiger charge is 2.17. The van der Waals surface area contributed by atoms with Crippen LogP contribution in [-0.4, -0.2) is 23.6 Å². The SMILES string of the molecule is CCCn1cccc1C(=O)Nc1ccsc1C(=O)OC. The van der Waals surface area contributed by atoms with Gasteiger partial charge in [-0.2, -0.15) is 0 Å². The Morgan fingerprint density at radius 1 is 1.40 bits per heavy atom. The molecule has 106 valence electrons. The van der Waals surface area contributed by atoms with Gasteiger partial charge in [0.2, 0.25) is 0 Å². The zero-order valence-corrected chi connectivity index (χ0v) is 12.2. The lowest BCUT2D eigenvalue weighted by molar-refractivity contribution is 0.0607. The van der Waals surface area contributed by atoms with Gasteiger partial charge in [-0.25, -0.2) is 4.79 Å². The third kappa shape index (κ3) is 2.91. The topological polar surface area (TPSA) is 60.3 Å². The molecule has 2 aromatic heterocycles. The number of methoxy groups -OCH3 is 1. The van der Waals surface area contributed by atoms with Crippen molar-refractivity contribution in [2.75, 3.05) is 12.4 Å². The molecule has 1 amide bonds. The predicted octanol–water partition coefficient (Wildman–Crippen LogP) is 3.00. The Bertz CT molecular complexity index is 615. The number of hydrogen-bond donors (Lipinski definition) is 1. The number of hydrogen-bond acceptors (Lipinski definition) is 4. The quantitative estimate of drug-likeness (QED) is 0.862. The fraction of sp³-hybridized carbons (Fsp3) is 0.286. The number of nitrogens with one attached hydrogen (secondary N) is 1. The van der Waals surface area contributed by atoms with Gasteiger partial charge in [0.15, 0.2) is 0 Å². The lowest BCUT2D eigenvalue weighted by Gasteiger charge is -2.08. The van der Waals surface area contributed by atoms with Crippen LogP contribution in [0.2, 0.25) is 0 Å². The molecule has 0 fully saturated rings. The van der Waals surface area contributed by atoms with Crippen molar-refractivity contribution in [3.05, 3.63) is 40.3 Å². The number of aromatic nitrogens is 1. The molecule has 2 heterocycles. The number of aryl methyl sites for hydroxylation is 1. The number of nitrogens with zero attached hydrogens (tertiary/aromatic N) is 1. The number of esters is 1. The Morgan fingerprint density at radius 3 is 2.90 bits per heavy atom. The molecule has 0 spiro atoms. The molecule has 0 aliphatic heterocycles. The first kappa shape index (κ1) is 14.3. The Morgan fingerprint density at radius 2 is 2.20 bits per heavy atom. The lowest BCUT2D eigenvalue weighted by atomic mass is 10.3. The highest BCUT2D eigenvalue weighted by molar-refractivity contribution is 7.12. The molecule has 0 atom stereocenters. The smallest absolute Gasteiger partial charge is 0.350 e. The van der Waals surface area contributed by atoms with Crippen LogP contribution in [0.15, 0.2) is 29.8 Å². The van der Waals surface area contributed by atoms with Crippen LogP contribution < -0.4 is 5.32 Å². The first-order valence-electron chi connectivity index (χ1n) is 6.29. The van der Waals surface area contributed by atoms with E-state index in [4.69, 9.17) is 0 Å². The van der Waals surface area contributed by atoms with Crippen LogP contribution in [0.25, 0.3) is 0 Å². The van der Waals surface area contributed by atoms with Gasteiger partial charge in [-0.15, -0.1) is 11.3 Å². The summed E-state index contributed by atoms with van der Waals surface area (Å²) >= 11 is 1.24. The molecule has 0 unspecified atom stereocenters. The van der Waals surface area contributed by atoms with E-state index in [0.29, 0.717) is 16.3 Å². The molecule has 0 aliphatic carbocycles. The largest absolute Gasteiger partial charge is 0.465 e. The van der Waals surface area contributed by atoms with E-state index in [2.05, 4.69) is 17.0 Å². The van der Waals surface area contributed by atoms with Gasteiger partial charge in [0.05, 0.1) is 12.8 Å². The van der Waals surface area contributed by atoms with E-state index in [9.17, 15) is 9.59 Å². The molecule has 6 heteroatoms. The summed E-state index contributed by atoms with van der Waals surface area (Å²) in [5.41, 5.74) is 1.06. The minimum Gasteiger partial charge on any atom is -0.465 e. The second kappa shape index (κ2) is 6.38. The van der Waals surface area contributed by atoms with Crippen LogP contribution in [0.5, 0.6) is 0 Å². The van der Waals surface area contributed by atoms with Crippen molar-refractivity contribution in [1.29, 1.82) is 0 Å². The van der Waals surface area contributed by atoms with E-state index in [1.807, 2.05) is 16.8 Å². The monoisotopic (exact) mass is 292 g/mol. The van der Waals surface area contributed by atoms with E-state index >= 15 is 0 Å². The van der Waals surface area contributed by atoms with Gasteiger partial charge in [0, 0.05) is 12.7 Å². The molecule has 0 aromatic carbocycles. The molecule has 0 saturated heterocycles. The molecular weight excluding hydrogens is 276 g/mol. The summed E-state index contributed by atoms with van der Waals surface area (Å²) in [6.07, 6.45) is 2.81. The molecule has 0 saturated carbocycles. The molecule has 2 rings (SSSR count). The highest BCUT2D eigenvalue weighted by atomic mass is 32.1. The lowest BCUT2D eigenvalue weighted by Crippen LogP contribution is -2.18. The van der Waals surface area contributed by atoms with Crippen molar-refractivity contribution in [2.45, 2.75) is 19.9 Å². The third-order valence-corrected chi connectivity index (χ3v) is 3.71. The van der Waals surface area contributed by atoms with Crippen LogP contribution in [-0.2, 0) is 11.3 Å². The highest BCUT2D eigenvalue weighted by Crippen LogP contribution is 2.23. The second-order valence-corrected chi connectivity index (χ2v) is 5.11. The van der Waals surface area contributed by atoms with E-state index in [1.54, 1.807) is 17.5 Å². The Hall–Kier alpha value is -2.08. The number of anilines is 1. The van der Waals surface area contributed by atoms with Crippen LogP contribution >= 0.6 is 11.3 Å². The maximum absolute atomic E-state index is 12.3. The first-order valence-corrected chi connectivity index (χ1v) is 7.17. The molecule has 0 radical (unpaired) electrons. The molecule has 0 aliphatic rings. The zero-order valence-electron chi connectivity index (χ0n) is 11.4. The average molecular weight is 292 g/mol. The summed E-state index contributed by atoms with van der Waals surface area (Å²) in [7, 11) is 1.32. The number of thiophene rings is 1. The van der Waals surface area contributed by atoms with Crippen molar-refractivity contribution in [3.63, 3.8) is 0 Å². The standard InChI is InChI=1S/C14H16N2O3S/c1-3-7-16-8-4-5-11(16)13(17)15-10-6-9-20-12(10)14(18)19-2/h4-6,8-9H,3,7H2,1-2H3,(H,15,17). The Labute approximate surface area is 121 Å². The number of ether oxygens (including phenoxy) is 1. The molecule has 0 bridgehead atoms. The molecular formula is C14H16N2O3S. The fourth-order valence-corrected chi connectivity index (χ4v) is 2.67. The minimum atomic E-state index is -0.445. The Kier molecular flexibility index (Phi) is 4.57. The fourth-order valence-electron chi connectivity index (χ4n) is 1.90. The van der Waals surface area contributed by atoms with Crippen molar-refractivity contribution < 1.29 is 14.3 Å². The number of amides is 1. The molecule has 20 heavy (non-hydrogen) atoms. The molecule has 1 N–H and O–H groups in total. The van der Waals surface area contributed by atoms with Crippen LogP contribution in [0.1, 0.15) is 33.5 Å². The summed E-state index contributed by atoms with van der Waals surface area (Å²) in [5, 5.41) is 4.50. The summed E-state index contributed by atoms with van der Waals surface area (Å²) in [6, 6.07) is 5.29. The van der Waals surface area contributed by atoms with Gasteiger partial charge in [-0.3, -0.25) is 4.79 Å². The zero-order chi connectivity index (χ0) is 14.5. The maximum Gasteiger partial charge on any atom is 0.350 e. The normalized spacial score (nSPS) is 10.3. The van der Waals surface area contributed by atoms with Gasteiger partial charge >= 0.3 is 5.97 Å². The third-order valence-electron chi connectivity index (χ3n) is 2.81. The van der Waals surface area contributed by atoms with Crippen LogP contribution in [0.3, 0.4) is 0 Å². The second-order valence-electron chi connectivity index (χ2n) is 4.20. The van der Waals surface area contributed by atoms with E-state index in [0.717, 1.165) is 13.0 Å². The molecule has 5 nitrogen and oxygen atoms in total. The number of carbonyl (C=O) groups excluding carboxylic acids is 2. The van der Waals surface area contributed by atoms with Crippen molar-refractivity contribution >= 4 is 28.9 Å². The van der Waals surface area contributed by atoms with Gasteiger partial charge < -0.3 is 14.6 Å². The van der Waals surface area contributed by atoms with Gasteiger partial charge in [0.25, 0.3) is 5.91 Å². The predicted molar refractivity (Wildman–Crippen MR) is 78.3 cm³/mol. The minimum absolute atomic E-state index is 0.230. The summed E-state index contributed by atoms with van der Waals surface area (Å²) < 4.78 is 6.57. The van der Waals surface area contributed by atoms with Gasteiger partial charge in [-0.1, -0.05) is 6.92 Å². The van der Waals surface area contributed by atoms with Crippen LogP contribution in [0.4, 0.5) is 5.69 Å². The summed E-state index contributed by atoms with van der Waals surface area (Å²) in [6.45, 7) is 2.83. The first-order chi connectivity index (χ1) is 9.67. The maximum atomic E-state index is 12.3. The van der Waals surface area contributed by atoms with Crippen molar-refractivity contribution in [2.24, 2.45) is 0 Å². The van der Waals surface area contributed by atoms with Gasteiger partial charge in [-0.05, 0) is 30.0 Å². The van der Waals surface area contributed by atoms with Crippen molar-refractivity contribution in [3.8, 4) is 0 Å². The van der Waals surface area contributed by atoms with Gasteiger partial charge in [0.1, 0.15) is 10.6 Å². The van der Waals surface area contributed by atoms with E-state index in [1.165, 1.54) is 18.4 Å². The summed E-state index contributed by atoms with van der Waals surface area (Å²) in [4.78, 5) is 24.2. The Balaban J connectivity index is 2.18. The van der Waals surface area contributed by atoms with E-state index < -0.39 is 5.97 Å². The average Bonchev–Trinajstić information content (AvgIpc) is 3.07.